The highest BCUT2D eigenvalue weighted by Crippen LogP contribution is 2.37. The van der Waals surface area contributed by atoms with Crippen molar-refractivity contribution >= 4 is 81.1 Å². The Morgan fingerprint density at radius 2 is 1.64 bits per heavy atom. The number of carboxylic acids is 2. The normalized spacial score (nSPS) is 14.8. The van der Waals surface area contributed by atoms with Crippen LogP contribution in [-0.4, -0.2) is 32.4 Å². The molecule has 0 unspecified atom stereocenters. The molecular weight excluding hydrogens is 509 g/mol. The Labute approximate surface area is 206 Å². The van der Waals surface area contributed by atoms with Gasteiger partial charge in [-0.2, -0.15) is 0 Å². The molecule has 0 aliphatic carbocycles. The third-order valence-electron chi connectivity index (χ3n) is 4.57. The minimum Gasteiger partial charge on any atom is -0.478 e. The van der Waals surface area contributed by atoms with Crippen molar-refractivity contribution in [2.45, 2.75) is 0 Å². The number of anilines is 1. The van der Waals surface area contributed by atoms with Crippen molar-refractivity contribution in [2.24, 2.45) is 0 Å². The van der Waals surface area contributed by atoms with Crippen LogP contribution in [0.4, 0.5) is 5.69 Å². The molecular formula is C22H11Cl2NO6S2. The lowest BCUT2D eigenvalue weighted by Crippen LogP contribution is -2.28. The van der Waals surface area contributed by atoms with E-state index in [9.17, 15) is 24.6 Å². The number of carbonyl (C=O) groups excluding carboxylic acids is 1. The molecule has 0 bridgehead atoms. The number of carboxylic acid groups (broad SMARTS) is 2. The van der Waals surface area contributed by atoms with E-state index in [0.29, 0.717) is 27.1 Å². The minimum absolute atomic E-state index is 0.0501. The molecule has 11 heteroatoms. The Balaban J connectivity index is 1.65. The van der Waals surface area contributed by atoms with E-state index in [1.54, 1.807) is 30.3 Å². The second-order valence-electron chi connectivity index (χ2n) is 6.73. The van der Waals surface area contributed by atoms with Crippen molar-refractivity contribution < 1.29 is 29.0 Å². The van der Waals surface area contributed by atoms with Crippen molar-refractivity contribution in [3.8, 4) is 11.3 Å². The van der Waals surface area contributed by atoms with Gasteiger partial charge in [0.15, 0.2) is 4.32 Å². The van der Waals surface area contributed by atoms with Crippen molar-refractivity contribution in [1.82, 2.24) is 0 Å². The second-order valence-corrected chi connectivity index (χ2v) is 9.22. The maximum Gasteiger partial charge on any atom is 0.335 e. The zero-order chi connectivity index (χ0) is 23.9. The molecule has 1 saturated heterocycles. The highest BCUT2D eigenvalue weighted by molar-refractivity contribution is 8.27. The van der Waals surface area contributed by atoms with Gasteiger partial charge in [-0.1, -0.05) is 47.2 Å². The fourth-order valence-corrected chi connectivity index (χ4v) is 4.62. The molecule has 3 aromatic rings. The summed E-state index contributed by atoms with van der Waals surface area (Å²) >= 11 is 18.3. The molecule has 0 atom stereocenters. The van der Waals surface area contributed by atoms with Crippen molar-refractivity contribution in [3.05, 3.63) is 80.4 Å². The van der Waals surface area contributed by atoms with Gasteiger partial charge in [-0.3, -0.25) is 9.69 Å². The zero-order valence-corrected chi connectivity index (χ0v) is 19.4. The van der Waals surface area contributed by atoms with Crippen LogP contribution in [0.25, 0.3) is 17.4 Å². The number of furan rings is 1. The molecule has 7 nitrogen and oxygen atoms in total. The topological polar surface area (TPSA) is 108 Å². The smallest absolute Gasteiger partial charge is 0.335 e. The third kappa shape index (κ3) is 4.67. The van der Waals surface area contributed by atoms with E-state index in [1.165, 1.54) is 18.2 Å². The van der Waals surface area contributed by atoms with Crippen molar-refractivity contribution in [1.29, 1.82) is 0 Å². The quantitative estimate of drug-likeness (QED) is 0.309. The van der Waals surface area contributed by atoms with Gasteiger partial charge in [0, 0.05) is 11.6 Å². The van der Waals surface area contributed by atoms with Gasteiger partial charge < -0.3 is 14.6 Å². The number of halogens is 2. The average Bonchev–Trinajstić information content (AvgIpc) is 3.34. The average molecular weight is 520 g/mol. The first kappa shape index (κ1) is 23.1. The number of hydrogen-bond acceptors (Lipinski definition) is 6. The van der Waals surface area contributed by atoms with Crippen molar-refractivity contribution in [2.75, 3.05) is 4.90 Å². The third-order valence-corrected chi connectivity index (χ3v) is 6.61. The maximum atomic E-state index is 13.0. The van der Waals surface area contributed by atoms with E-state index < -0.39 is 17.8 Å². The minimum atomic E-state index is -1.33. The highest BCUT2D eigenvalue weighted by Gasteiger charge is 2.34. The van der Waals surface area contributed by atoms with Gasteiger partial charge in [0.25, 0.3) is 5.91 Å². The van der Waals surface area contributed by atoms with Crippen LogP contribution in [0.3, 0.4) is 0 Å². The Morgan fingerprint density at radius 1 is 0.970 bits per heavy atom. The number of hydrogen-bond donors (Lipinski definition) is 2. The van der Waals surface area contributed by atoms with Crippen LogP contribution in [0.5, 0.6) is 0 Å². The lowest BCUT2D eigenvalue weighted by atomic mass is 10.1. The first-order valence-corrected chi connectivity index (χ1v) is 11.1. The molecule has 4 rings (SSSR count). The number of thioether (sulfide) groups is 1. The molecule has 1 amide bonds. The summed E-state index contributed by atoms with van der Waals surface area (Å²) in [5, 5.41) is 19.4. The number of carbonyl (C=O) groups is 3. The molecule has 0 radical (unpaired) electrons. The van der Waals surface area contributed by atoms with E-state index in [-0.39, 0.29) is 26.0 Å². The van der Waals surface area contributed by atoms with E-state index >= 15 is 0 Å². The van der Waals surface area contributed by atoms with Gasteiger partial charge in [-0.15, -0.1) is 0 Å². The number of amides is 1. The van der Waals surface area contributed by atoms with Crippen LogP contribution in [0, 0.1) is 0 Å². The van der Waals surface area contributed by atoms with Gasteiger partial charge >= 0.3 is 11.9 Å². The van der Waals surface area contributed by atoms with E-state index in [1.807, 2.05) is 0 Å². The number of rotatable bonds is 5. The Kier molecular flexibility index (Phi) is 6.31. The summed E-state index contributed by atoms with van der Waals surface area (Å²) in [5.74, 6) is -2.30. The summed E-state index contributed by atoms with van der Waals surface area (Å²) in [5.41, 5.74) is 0.192. The number of nitrogens with zero attached hydrogens (tertiary/aromatic N) is 1. The highest BCUT2D eigenvalue weighted by atomic mass is 35.5. The molecule has 2 aromatic carbocycles. The summed E-state index contributed by atoms with van der Waals surface area (Å²) in [6.07, 6.45) is 1.50. The van der Waals surface area contributed by atoms with Crippen LogP contribution >= 0.6 is 47.2 Å². The van der Waals surface area contributed by atoms with Gasteiger partial charge in [0.2, 0.25) is 0 Å². The van der Waals surface area contributed by atoms with Crippen LogP contribution in [0.15, 0.2) is 57.9 Å². The van der Waals surface area contributed by atoms with Gasteiger partial charge in [-0.05, 0) is 48.5 Å². The van der Waals surface area contributed by atoms with Crippen LogP contribution in [0.1, 0.15) is 26.5 Å². The fraction of sp³-hybridized carbons (Fsp3) is 0. The van der Waals surface area contributed by atoms with Crippen LogP contribution in [0.2, 0.25) is 10.0 Å². The Morgan fingerprint density at radius 3 is 2.24 bits per heavy atom. The number of benzene rings is 2. The van der Waals surface area contributed by atoms with Gasteiger partial charge in [0.05, 0.1) is 31.8 Å². The summed E-state index contributed by atoms with van der Waals surface area (Å²) in [6.45, 7) is 0. The predicted molar refractivity (Wildman–Crippen MR) is 130 cm³/mol. The largest absolute Gasteiger partial charge is 0.478 e. The lowest BCUT2D eigenvalue weighted by molar-refractivity contribution is -0.113. The zero-order valence-electron chi connectivity index (χ0n) is 16.2. The number of thiocarbonyl (C=S) groups is 1. The molecule has 1 aliphatic heterocycles. The molecule has 2 heterocycles. The Hall–Kier alpha value is -3.11. The summed E-state index contributed by atoms with van der Waals surface area (Å²) < 4.78 is 5.92. The van der Waals surface area contributed by atoms with Gasteiger partial charge in [0.1, 0.15) is 11.5 Å². The first-order valence-electron chi connectivity index (χ1n) is 9.09. The van der Waals surface area contributed by atoms with Gasteiger partial charge in [-0.25, -0.2) is 9.59 Å². The SMILES string of the molecule is O=C(O)c1cc(C(=O)O)cc(N2C(=O)/C(=C/c3ccc(-c4ccc(Cl)c(Cl)c4)o3)SC2=S)c1. The van der Waals surface area contributed by atoms with E-state index in [0.717, 1.165) is 22.7 Å². The molecule has 1 aromatic heterocycles. The van der Waals surface area contributed by atoms with Crippen LogP contribution in [-0.2, 0) is 4.79 Å². The summed E-state index contributed by atoms with van der Waals surface area (Å²) in [7, 11) is 0. The monoisotopic (exact) mass is 519 g/mol. The van der Waals surface area contributed by atoms with Crippen molar-refractivity contribution in [3.63, 3.8) is 0 Å². The molecule has 33 heavy (non-hydrogen) atoms. The molecule has 0 spiro atoms. The summed E-state index contributed by atoms with van der Waals surface area (Å²) in [6, 6.07) is 11.8. The van der Waals surface area contributed by atoms with Crippen LogP contribution < -0.4 is 4.90 Å². The molecule has 1 aliphatic rings. The maximum absolute atomic E-state index is 13.0. The van der Waals surface area contributed by atoms with E-state index in [4.69, 9.17) is 39.8 Å². The fourth-order valence-electron chi connectivity index (χ4n) is 3.04. The predicted octanol–water partition coefficient (Wildman–Crippen LogP) is 6.06. The standard InChI is InChI=1S/C22H11Cl2NO6S2/c23-15-3-1-10(8-16(15)24)17-4-2-14(31-17)9-18-19(26)25(22(32)33-18)13-6-11(20(27)28)5-12(7-13)21(29)30/h1-9H,(H,27,28)(H,29,30)/b18-9-. The molecule has 0 saturated carbocycles. The Bertz CT molecular complexity index is 1350. The first-order chi connectivity index (χ1) is 15.6. The summed E-state index contributed by atoms with van der Waals surface area (Å²) in [4.78, 5) is 37.1. The molecule has 166 valence electrons. The lowest BCUT2D eigenvalue weighted by Gasteiger charge is -2.16. The molecule has 1 fully saturated rings. The second kappa shape index (κ2) is 9.03. The molecule has 2 N–H and O–H groups in total. The van der Waals surface area contributed by atoms with E-state index in [2.05, 4.69) is 0 Å². The number of aromatic carboxylic acids is 2.